The van der Waals surface area contributed by atoms with Crippen LogP contribution in [0.2, 0.25) is 0 Å². The first-order valence-electron chi connectivity index (χ1n) is 4.80. The lowest BCUT2D eigenvalue weighted by molar-refractivity contribution is 0.0695. The van der Waals surface area contributed by atoms with E-state index in [4.69, 9.17) is 5.11 Å². The molecule has 1 aromatic heterocycles. The highest BCUT2D eigenvalue weighted by Gasteiger charge is 2.13. The molecular weight excluding hydrogens is 270 g/mol. The van der Waals surface area contributed by atoms with Crippen LogP contribution in [0, 0.1) is 13.8 Å². The number of hydrogen-bond acceptors (Lipinski definition) is 2. The van der Waals surface area contributed by atoms with Crippen molar-refractivity contribution in [3.8, 4) is 0 Å². The summed E-state index contributed by atoms with van der Waals surface area (Å²) in [6.45, 7) is 3.99. The Morgan fingerprint density at radius 3 is 2.69 bits per heavy atom. The molecule has 0 amide bonds. The van der Waals surface area contributed by atoms with Crippen molar-refractivity contribution in [3.63, 3.8) is 0 Å². The van der Waals surface area contributed by atoms with Crippen LogP contribution in [0.15, 0.2) is 22.8 Å². The zero-order chi connectivity index (χ0) is 11.9. The number of aromatic carboxylic acids is 1. The number of carboxylic acid groups (broad SMARTS) is 1. The van der Waals surface area contributed by atoms with E-state index in [1.54, 1.807) is 0 Å². The SMILES string of the molecule is Cc1ccc2c(Br)c(C(=O)O)cnc2c1C. The second kappa shape index (κ2) is 3.87. The van der Waals surface area contributed by atoms with Crippen molar-refractivity contribution >= 4 is 32.8 Å². The van der Waals surface area contributed by atoms with Crippen molar-refractivity contribution in [3.05, 3.63) is 39.5 Å². The number of carbonyl (C=O) groups is 1. The van der Waals surface area contributed by atoms with Crippen LogP contribution in [0.25, 0.3) is 10.9 Å². The standard InChI is InChI=1S/C12H10BrNO2/c1-6-3-4-8-10(13)9(12(15)16)5-14-11(8)7(6)2/h3-5H,1-2H3,(H,15,16). The monoisotopic (exact) mass is 279 g/mol. The van der Waals surface area contributed by atoms with E-state index < -0.39 is 5.97 Å². The lowest BCUT2D eigenvalue weighted by Crippen LogP contribution is -2.00. The number of aryl methyl sites for hydroxylation is 2. The minimum absolute atomic E-state index is 0.191. The molecule has 0 fully saturated rings. The van der Waals surface area contributed by atoms with Crippen LogP contribution in [-0.4, -0.2) is 16.1 Å². The molecule has 0 atom stereocenters. The highest BCUT2D eigenvalue weighted by molar-refractivity contribution is 9.10. The molecule has 16 heavy (non-hydrogen) atoms. The van der Waals surface area contributed by atoms with E-state index >= 15 is 0 Å². The van der Waals surface area contributed by atoms with Crippen molar-refractivity contribution in [1.29, 1.82) is 0 Å². The molecule has 0 aliphatic rings. The van der Waals surface area contributed by atoms with E-state index in [1.165, 1.54) is 6.20 Å². The van der Waals surface area contributed by atoms with Crippen LogP contribution in [0.5, 0.6) is 0 Å². The molecule has 0 spiro atoms. The van der Waals surface area contributed by atoms with Gasteiger partial charge in [-0.1, -0.05) is 12.1 Å². The van der Waals surface area contributed by atoms with E-state index in [-0.39, 0.29) is 5.56 Å². The zero-order valence-corrected chi connectivity index (χ0v) is 10.5. The number of halogens is 1. The molecule has 0 aliphatic heterocycles. The maximum Gasteiger partial charge on any atom is 0.338 e. The molecule has 1 aromatic carbocycles. The number of hydrogen-bond donors (Lipinski definition) is 1. The Bertz CT molecular complexity index is 593. The van der Waals surface area contributed by atoms with Gasteiger partial charge in [-0.05, 0) is 40.9 Å². The van der Waals surface area contributed by atoms with Crippen molar-refractivity contribution in [2.24, 2.45) is 0 Å². The molecule has 2 rings (SSSR count). The van der Waals surface area contributed by atoms with E-state index in [2.05, 4.69) is 20.9 Å². The fourth-order valence-electron chi connectivity index (χ4n) is 1.62. The molecule has 0 radical (unpaired) electrons. The van der Waals surface area contributed by atoms with Crippen LogP contribution >= 0.6 is 15.9 Å². The molecule has 2 aromatic rings. The number of rotatable bonds is 1. The Morgan fingerprint density at radius 1 is 1.38 bits per heavy atom. The first-order chi connectivity index (χ1) is 7.52. The van der Waals surface area contributed by atoms with Gasteiger partial charge in [0.15, 0.2) is 0 Å². The number of fused-ring (bicyclic) bond motifs is 1. The van der Waals surface area contributed by atoms with Crippen molar-refractivity contribution < 1.29 is 9.90 Å². The second-order valence-electron chi connectivity index (χ2n) is 3.69. The van der Waals surface area contributed by atoms with Gasteiger partial charge >= 0.3 is 5.97 Å². The number of pyridine rings is 1. The number of aromatic nitrogens is 1. The number of carboxylic acids is 1. The summed E-state index contributed by atoms with van der Waals surface area (Å²) in [5, 5.41) is 9.82. The Kier molecular flexibility index (Phi) is 2.68. The van der Waals surface area contributed by atoms with Crippen LogP contribution in [0.4, 0.5) is 0 Å². The van der Waals surface area contributed by atoms with Gasteiger partial charge < -0.3 is 5.11 Å². The molecule has 0 unspecified atom stereocenters. The molecule has 1 heterocycles. The predicted octanol–water partition coefficient (Wildman–Crippen LogP) is 3.31. The van der Waals surface area contributed by atoms with Crippen LogP contribution in [-0.2, 0) is 0 Å². The Balaban J connectivity index is 2.87. The highest BCUT2D eigenvalue weighted by atomic mass is 79.9. The maximum atomic E-state index is 10.9. The van der Waals surface area contributed by atoms with E-state index in [1.807, 2.05) is 26.0 Å². The van der Waals surface area contributed by atoms with Gasteiger partial charge in [0.1, 0.15) is 0 Å². The van der Waals surface area contributed by atoms with E-state index in [9.17, 15) is 4.79 Å². The minimum Gasteiger partial charge on any atom is -0.478 e. The van der Waals surface area contributed by atoms with Crippen molar-refractivity contribution in [1.82, 2.24) is 4.98 Å². The summed E-state index contributed by atoms with van der Waals surface area (Å²) in [6, 6.07) is 3.86. The third-order valence-corrected chi connectivity index (χ3v) is 3.58. The summed E-state index contributed by atoms with van der Waals surface area (Å²) in [6.07, 6.45) is 1.39. The maximum absolute atomic E-state index is 10.9. The van der Waals surface area contributed by atoms with Gasteiger partial charge in [-0.25, -0.2) is 4.79 Å². The topological polar surface area (TPSA) is 50.2 Å². The van der Waals surface area contributed by atoms with Gasteiger partial charge in [-0.2, -0.15) is 0 Å². The predicted molar refractivity (Wildman–Crippen MR) is 65.9 cm³/mol. The summed E-state index contributed by atoms with van der Waals surface area (Å²) in [4.78, 5) is 15.2. The van der Waals surface area contributed by atoms with Gasteiger partial charge in [0, 0.05) is 16.1 Å². The number of benzene rings is 1. The summed E-state index contributed by atoms with van der Waals surface area (Å²) < 4.78 is 0.591. The van der Waals surface area contributed by atoms with Crippen LogP contribution in [0.1, 0.15) is 21.5 Å². The molecule has 0 saturated heterocycles. The van der Waals surface area contributed by atoms with E-state index in [0.29, 0.717) is 4.47 Å². The van der Waals surface area contributed by atoms with Gasteiger partial charge in [0.05, 0.1) is 11.1 Å². The lowest BCUT2D eigenvalue weighted by Gasteiger charge is -2.08. The Labute approximate surface area is 101 Å². The average molecular weight is 280 g/mol. The summed E-state index contributed by atoms with van der Waals surface area (Å²) in [7, 11) is 0. The third kappa shape index (κ3) is 1.59. The fourth-order valence-corrected chi connectivity index (χ4v) is 2.22. The lowest BCUT2D eigenvalue weighted by atomic mass is 10.0. The summed E-state index contributed by atoms with van der Waals surface area (Å²) in [5.41, 5.74) is 3.26. The smallest absolute Gasteiger partial charge is 0.338 e. The molecule has 0 aliphatic carbocycles. The Morgan fingerprint density at radius 2 is 2.06 bits per heavy atom. The minimum atomic E-state index is -0.973. The number of nitrogens with zero attached hydrogens (tertiary/aromatic N) is 1. The van der Waals surface area contributed by atoms with Gasteiger partial charge in [-0.3, -0.25) is 4.98 Å². The van der Waals surface area contributed by atoms with Crippen molar-refractivity contribution in [2.75, 3.05) is 0 Å². The highest BCUT2D eigenvalue weighted by Crippen LogP contribution is 2.29. The first kappa shape index (κ1) is 11.1. The van der Waals surface area contributed by atoms with Gasteiger partial charge in [0.25, 0.3) is 0 Å². The van der Waals surface area contributed by atoms with Gasteiger partial charge in [0.2, 0.25) is 0 Å². The second-order valence-corrected chi connectivity index (χ2v) is 4.49. The Hall–Kier alpha value is -1.42. The molecule has 4 heteroatoms. The van der Waals surface area contributed by atoms with Crippen LogP contribution < -0.4 is 0 Å². The molecule has 1 N–H and O–H groups in total. The summed E-state index contributed by atoms with van der Waals surface area (Å²) in [5.74, 6) is -0.973. The zero-order valence-electron chi connectivity index (χ0n) is 8.91. The first-order valence-corrected chi connectivity index (χ1v) is 5.59. The molecule has 0 saturated carbocycles. The fraction of sp³-hybridized carbons (Fsp3) is 0.167. The molecular formula is C12H10BrNO2. The normalized spacial score (nSPS) is 10.7. The quantitative estimate of drug-likeness (QED) is 0.871. The molecule has 0 bridgehead atoms. The van der Waals surface area contributed by atoms with Crippen molar-refractivity contribution in [2.45, 2.75) is 13.8 Å². The molecule has 3 nitrogen and oxygen atoms in total. The molecule has 82 valence electrons. The van der Waals surface area contributed by atoms with Crippen LogP contribution in [0.3, 0.4) is 0 Å². The van der Waals surface area contributed by atoms with E-state index in [0.717, 1.165) is 22.0 Å². The van der Waals surface area contributed by atoms with Gasteiger partial charge in [-0.15, -0.1) is 0 Å². The third-order valence-electron chi connectivity index (χ3n) is 2.73. The summed E-state index contributed by atoms with van der Waals surface area (Å²) >= 11 is 3.32. The average Bonchev–Trinajstić information content (AvgIpc) is 2.23. The largest absolute Gasteiger partial charge is 0.478 e.